The van der Waals surface area contributed by atoms with E-state index in [0.717, 1.165) is 36.8 Å². The number of nitrogens with one attached hydrogen (secondary N) is 1. The molecule has 178 valence electrons. The van der Waals surface area contributed by atoms with Gasteiger partial charge in [0.15, 0.2) is 0 Å². The summed E-state index contributed by atoms with van der Waals surface area (Å²) < 4.78 is 0. The van der Waals surface area contributed by atoms with Crippen molar-refractivity contribution in [3.05, 3.63) is 11.1 Å². The topological polar surface area (TPSA) is 52.6 Å². The third kappa shape index (κ3) is 5.86. The Bertz CT molecular complexity index is 641. The zero-order chi connectivity index (χ0) is 22.6. The fraction of sp³-hybridized carbons (Fsp3) is 0.885. The smallest absolute Gasteiger partial charge is 0.239 e. The molecule has 0 radical (unpaired) electrons. The normalized spacial score (nSPS) is 30.9. The molecule has 0 aromatic heterocycles. The number of carbonyl (C=O) groups excluding carboxylic acids is 1. The van der Waals surface area contributed by atoms with Crippen LogP contribution < -0.4 is 5.32 Å². The van der Waals surface area contributed by atoms with Gasteiger partial charge in [0, 0.05) is 23.5 Å². The number of hydrogen-bond donors (Lipinski definition) is 2. The first-order valence-corrected chi connectivity index (χ1v) is 13.1. The number of likely N-dealkylation sites (tertiary alicyclic amines) is 1. The Labute approximate surface area is 195 Å². The minimum Gasteiger partial charge on any atom is -0.389 e. The lowest BCUT2D eigenvalue weighted by Crippen LogP contribution is -2.63. The van der Waals surface area contributed by atoms with Crippen molar-refractivity contribution in [1.82, 2.24) is 10.2 Å². The largest absolute Gasteiger partial charge is 0.389 e. The highest BCUT2D eigenvalue weighted by Crippen LogP contribution is 2.48. The second-order valence-corrected chi connectivity index (χ2v) is 11.9. The molecular formula is C26H45ClN2O2. The highest BCUT2D eigenvalue weighted by Gasteiger charge is 2.53. The Kier molecular flexibility index (Phi) is 8.54. The number of nitrogens with zero attached hydrogens (tertiary/aromatic N) is 1. The number of rotatable bonds is 7. The van der Waals surface area contributed by atoms with Crippen molar-refractivity contribution in [3.63, 3.8) is 0 Å². The van der Waals surface area contributed by atoms with Crippen molar-refractivity contribution >= 4 is 17.5 Å². The Balaban J connectivity index is 1.58. The lowest BCUT2D eigenvalue weighted by Gasteiger charge is -2.54. The van der Waals surface area contributed by atoms with Gasteiger partial charge in [0.2, 0.25) is 5.91 Å². The second-order valence-electron chi connectivity index (χ2n) is 11.4. The molecule has 0 aromatic carbocycles. The maximum Gasteiger partial charge on any atom is 0.239 e. The van der Waals surface area contributed by atoms with E-state index in [1.54, 1.807) is 0 Å². The standard InChI is InChI=1S/C26H45ClN2O2/c1-19(2)23(28-16-14-20-8-6-5-7-9-20)24(30)29-17-15-26(31,25(3,4)18-29)21-10-12-22(27)13-11-21/h12,19-21,23,28,31H,5-11,13-18H2,1-4H3/t21?,23-,26+/m1/s1. The average Bonchev–Trinajstić information content (AvgIpc) is 2.73. The minimum absolute atomic E-state index is 0.137. The van der Waals surface area contributed by atoms with Gasteiger partial charge in [-0.05, 0) is 56.4 Å². The molecule has 3 rings (SSSR count). The van der Waals surface area contributed by atoms with Crippen molar-refractivity contribution < 1.29 is 9.90 Å². The monoisotopic (exact) mass is 452 g/mol. The molecule has 2 aliphatic carbocycles. The van der Waals surface area contributed by atoms with E-state index in [-0.39, 0.29) is 29.2 Å². The first kappa shape index (κ1) is 25.1. The lowest BCUT2D eigenvalue weighted by atomic mass is 9.61. The van der Waals surface area contributed by atoms with Crippen LogP contribution in [0.4, 0.5) is 0 Å². The molecule has 1 aliphatic heterocycles. The average molecular weight is 453 g/mol. The van der Waals surface area contributed by atoms with Crippen LogP contribution in [0.5, 0.6) is 0 Å². The van der Waals surface area contributed by atoms with Gasteiger partial charge in [-0.3, -0.25) is 4.79 Å². The van der Waals surface area contributed by atoms with E-state index in [0.29, 0.717) is 19.5 Å². The molecule has 1 saturated carbocycles. The van der Waals surface area contributed by atoms with Gasteiger partial charge in [-0.2, -0.15) is 0 Å². The number of halogens is 1. The van der Waals surface area contributed by atoms with Gasteiger partial charge in [0.1, 0.15) is 0 Å². The van der Waals surface area contributed by atoms with Crippen LogP contribution in [0.15, 0.2) is 11.1 Å². The number of hydrogen-bond acceptors (Lipinski definition) is 3. The fourth-order valence-corrected chi connectivity index (χ4v) is 6.44. The van der Waals surface area contributed by atoms with Crippen molar-refractivity contribution in [2.75, 3.05) is 19.6 Å². The van der Waals surface area contributed by atoms with Crippen molar-refractivity contribution in [1.29, 1.82) is 0 Å². The fourth-order valence-electron chi connectivity index (χ4n) is 6.24. The van der Waals surface area contributed by atoms with Gasteiger partial charge >= 0.3 is 0 Å². The van der Waals surface area contributed by atoms with Crippen LogP contribution in [0.25, 0.3) is 0 Å². The van der Waals surface area contributed by atoms with Crippen LogP contribution in [0.1, 0.15) is 91.9 Å². The van der Waals surface area contributed by atoms with Crippen LogP contribution in [-0.4, -0.2) is 47.2 Å². The molecule has 0 aromatic rings. The molecular weight excluding hydrogens is 408 g/mol. The molecule has 2 N–H and O–H groups in total. The van der Waals surface area contributed by atoms with Gasteiger partial charge in [0.05, 0.1) is 11.6 Å². The Morgan fingerprint density at radius 1 is 1.26 bits per heavy atom. The van der Waals surface area contributed by atoms with Crippen molar-refractivity contribution in [2.45, 2.75) is 104 Å². The number of amides is 1. The Morgan fingerprint density at radius 2 is 1.97 bits per heavy atom. The van der Waals surface area contributed by atoms with Crippen LogP contribution in [-0.2, 0) is 4.79 Å². The highest BCUT2D eigenvalue weighted by molar-refractivity contribution is 6.29. The molecule has 1 unspecified atom stereocenters. The first-order valence-electron chi connectivity index (χ1n) is 12.7. The van der Waals surface area contributed by atoms with Crippen LogP contribution in [0, 0.1) is 23.2 Å². The number of piperidine rings is 1. The molecule has 1 heterocycles. The maximum atomic E-state index is 13.5. The van der Waals surface area contributed by atoms with Gasteiger partial charge in [0.25, 0.3) is 0 Å². The van der Waals surface area contributed by atoms with Gasteiger partial charge < -0.3 is 15.3 Å². The zero-order valence-corrected chi connectivity index (χ0v) is 21.0. The van der Waals surface area contributed by atoms with Crippen molar-refractivity contribution in [3.8, 4) is 0 Å². The van der Waals surface area contributed by atoms with Gasteiger partial charge in [-0.25, -0.2) is 0 Å². The number of aliphatic hydroxyl groups is 1. The van der Waals surface area contributed by atoms with E-state index < -0.39 is 5.60 Å². The zero-order valence-electron chi connectivity index (χ0n) is 20.3. The third-order valence-corrected chi connectivity index (χ3v) is 8.78. The lowest BCUT2D eigenvalue weighted by molar-refractivity contribution is -0.169. The molecule has 3 aliphatic rings. The Morgan fingerprint density at radius 3 is 2.55 bits per heavy atom. The summed E-state index contributed by atoms with van der Waals surface area (Å²) in [6.45, 7) is 10.7. The molecule has 0 bridgehead atoms. The first-order chi connectivity index (χ1) is 14.6. The summed E-state index contributed by atoms with van der Waals surface area (Å²) in [6.07, 6.45) is 13.3. The van der Waals surface area contributed by atoms with E-state index >= 15 is 0 Å². The number of allylic oxidation sites excluding steroid dienone is 2. The summed E-state index contributed by atoms with van der Waals surface area (Å²) >= 11 is 6.18. The molecule has 2 fully saturated rings. The SMILES string of the molecule is CC(C)[C@@H](NCCC1CCCCC1)C(=O)N1CC[C@](O)(C2CC=C(Cl)CC2)C(C)(C)C1. The Hall–Kier alpha value is -0.580. The molecule has 1 saturated heterocycles. The highest BCUT2D eigenvalue weighted by atomic mass is 35.5. The summed E-state index contributed by atoms with van der Waals surface area (Å²) in [5.74, 6) is 1.51. The van der Waals surface area contributed by atoms with Crippen LogP contribution in [0.3, 0.4) is 0 Å². The predicted octanol–water partition coefficient (Wildman–Crippen LogP) is 5.48. The molecule has 4 nitrogen and oxygen atoms in total. The van der Waals surface area contributed by atoms with E-state index in [1.807, 2.05) is 4.90 Å². The van der Waals surface area contributed by atoms with E-state index in [1.165, 1.54) is 38.5 Å². The molecule has 0 spiro atoms. The second kappa shape index (κ2) is 10.6. The van der Waals surface area contributed by atoms with Gasteiger partial charge in [-0.1, -0.05) is 77.5 Å². The van der Waals surface area contributed by atoms with Gasteiger partial charge in [-0.15, -0.1) is 0 Å². The molecule has 3 atom stereocenters. The predicted molar refractivity (Wildman–Crippen MR) is 129 cm³/mol. The minimum atomic E-state index is -0.750. The van der Waals surface area contributed by atoms with E-state index in [2.05, 4.69) is 39.1 Å². The van der Waals surface area contributed by atoms with E-state index in [9.17, 15) is 9.90 Å². The maximum absolute atomic E-state index is 13.5. The van der Waals surface area contributed by atoms with Crippen LogP contribution >= 0.6 is 11.6 Å². The summed E-state index contributed by atoms with van der Waals surface area (Å²) in [5.41, 5.74) is -1.09. The van der Waals surface area contributed by atoms with Crippen molar-refractivity contribution in [2.24, 2.45) is 23.2 Å². The third-order valence-electron chi connectivity index (χ3n) is 8.44. The van der Waals surface area contributed by atoms with E-state index in [4.69, 9.17) is 11.6 Å². The number of carbonyl (C=O) groups is 1. The summed E-state index contributed by atoms with van der Waals surface area (Å²) in [7, 11) is 0. The molecule has 31 heavy (non-hydrogen) atoms. The summed E-state index contributed by atoms with van der Waals surface area (Å²) in [6, 6.07) is -0.137. The quantitative estimate of drug-likeness (QED) is 0.537. The molecule has 5 heteroatoms. The van der Waals surface area contributed by atoms with Crippen LogP contribution in [0.2, 0.25) is 0 Å². The molecule has 1 amide bonds. The summed E-state index contributed by atoms with van der Waals surface area (Å²) in [4.78, 5) is 15.5. The summed E-state index contributed by atoms with van der Waals surface area (Å²) in [5, 5.41) is 16.2.